The lowest BCUT2D eigenvalue weighted by Crippen LogP contribution is -2.28. The molecule has 1 N–H and O–H groups in total. The van der Waals surface area contributed by atoms with Crippen LogP contribution in [0.15, 0.2) is 10.5 Å². The molecule has 2 aromatic heterocycles. The van der Waals surface area contributed by atoms with Gasteiger partial charge in [-0.25, -0.2) is 4.98 Å². The number of thiazole rings is 1. The minimum absolute atomic E-state index is 0.186. The molecule has 0 spiro atoms. The molecule has 0 saturated heterocycles. The van der Waals surface area contributed by atoms with Gasteiger partial charge >= 0.3 is 0 Å². The van der Waals surface area contributed by atoms with E-state index in [1.165, 1.54) is 11.3 Å². The first-order chi connectivity index (χ1) is 9.52. The number of carbonyl (C=O) groups excluding carboxylic acids is 1. The van der Waals surface area contributed by atoms with E-state index in [4.69, 9.17) is 0 Å². The van der Waals surface area contributed by atoms with Crippen molar-refractivity contribution >= 4 is 29.0 Å². The van der Waals surface area contributed by atoms with Crippen LogP contribution in [0.5, 0.6) is 0 Å². The molecule has 108 valence electrons. The number of hydrogen-bond donors (Lipinski definition) is 1. The van der Waals surface area contributed by atoms with Gasteiger partial charge < -0.3 is 9.88 Å². The zero-order valence-electron chi connectivity index (χ0n) is 11.9. The van der Waals surface area contributed by atoms with Crippen LogP contribution in [-0.2, 0) is 7.05 Å². The molecule has 6 nitrogen and oxygen atoms in total. The Labute approximate surface area is 126 Å². The van der Waals surface area contributed by atoms with Crippen molar-refractivity contribution in [2.75, 3.05) is 5.75 Å². The first-order valence-electron chi connectivity index (χ1n) is 6.28. The van der Waals surface area contributed by atoms with E-state index in [1.54, 1.807) is 17.1 Å². The summed E-state index contributed by atoms with van der Waals surface area (Å²) in [7, 11) is 1.91. The summed E-state index contributed by atoms with van der Waals surface area (Å²) in [6, 6.07) is -0.215. The third-order valence-corrected chi connectivity index (χ3v) is 4.40. The van der Waals surface area contributed by atoms with Gasteiger partial charge in [0.2, 0.25) is 0 Å². The monoisotopic (exact) mass is 311 g/mol. The zero-order valence-corrected chi connectivity index (χ0v) is 13.5. The highest BCUT2D eigenvalue weighted by Crippen LogP contribution is 2.19. The summed E-state index contributed by atoms with van der Waals surface area (Å²) >= 11 is 3.09. The summed E-state index contributed by atoms with van der Waals surface area (Å²) in [5.41, 5.74) is 0.449. The molecule has 8 heteroatoms. The van der Waals surface area contributed by atoms with E-state index in [0.29, 0.717) is 5.69 Å². The number of thioether (sulfide) groups is 1. The fraction of sp³-hybridized carbons (Fsp3) is 0.500. The van der Waals surface area contributed by atoms with Gasteiger partial charge in [0.25, 0.3) is 5.91 Å². The van der Waals surface area contributed by atoms with Crippen molar-refractivity contribution in [3.8, 4) is 0 Å². The lowest BCUT2D eigenvalue weighted by Gasteiger charge is -2.12. The van der Waals surface area contributed by atoms with E-state index in [1.807, 2.05) is 25.5 Å². The number of nitrogens with zero attached hydrogens (tertiary/aromatic N) is 4. The summed E-state index contributed by atoms with van der Waals surface area (Å²) < 4.78 is 1.91. The summed E-state index contributed by atoms with van der Waals surface area (Å²) in [5.74, 6) is 1.49. The minimum atomic E-state index is -0.215. The third-order valence-electron chi connectivity index (χ3n) is 2.73. The third kappa shape index (κ3) is 3.18. The van der Waals surface area contributed by atoms with Crippen LogP contribution in [0.25, 0.3) is 0 Å². The van der Waals surface area contributed by atoms with E-state index in [0.717, 1.165) is 21.7 Å². The maximum absolute atomic E-state index is 12.1. The smallest absolute Gasteiger partial charge is 0.271 e. The molecule has 1 unspecified atom stereocenters. The highest BCUT2D eigenvalue weighted by atomic mass is 32.2. The van der Waals surface area contributed by atoms with Crippen LogP contribution >= 0.6 is 23.1 Å². The summed E-state index contributed by atoms with van der Waals surface area (Å²) in [6.45, 7) is 5.83. The molecule has 0 radical (unpaired) electrons. The Balaban J connectivity index is 2.08. The van der Waals surface area contributed by atoms with Crippen LogP contribution in [0, 0.1) is 6.92 Å². The Kier molecular flexibility index (Phi) is 4.77. The van der Waals surface area contributed by atoms with Gasteiger partial charge in [-0.3, -0.25) is 4.79 Å². The number of carbonyl (C=O) groups is 1. The molecule has 2 aromatic rings. The van der Waals surface area contributed by atoms with Crippen molar-refractivity contribution in [1.82, 2.24) is 25.1 Å². The van der Waals surface area contributed by atoms with Gasteiger partial charge in [0.1, 0.15) is 5.69 Å². The topological polar surface area (TPSA) is 72.7 Å². The van der Waals surface area contributed by atoms with Crippen LogP contribution in [-0.4, -0.2) is 31.4 Å². The van der Waals surface area contributed by atoms with Crippen LogP contribution in [0.4, 0.5) is 0 Å². The second-order valence-corrected chi connectivity index (χ2v) is 6.57. The standard InChI is InChI=1S/C12H17N5OS2/c1-5-19-12-16-15-10(17(12)4)7(2)13-11(18)9-6-20-8(3)14-9/h6-7H,5H2,1-4H3,(H,13,18). The highest BCUT2D eigenvalue weighted by molar-refractivity contribution is 7.99. The normalized spacial score (nSPS) is 12.4. The van der Waals surface area contributed by atoms with Gasteiger partial charge in [-0.2, -0.15) is 0 Å². The van der Waals surface area contributed by atoms with Gasteiger partial charge in [0, 0.05) is 12.4 Å². The maximum Gasteiger partial charge on any atom is 0.271 e. The van der Waals surface area contributed by atoms with Crippen LogP contribution in [0.2, 0.25) is 0 Å². The van der Waals surface area contributed by atoms with Gasteiger partial charge in [-0.05, 0) is 19.6 Å². The second-order valence-electron chi connectivity index (χ2n) is 4.28. The zero-order chi connectivity index (χ0) is 14.7. The predicted octanol–water partition coefficient (Wildman–Crippen LogP) is 2.18. The van der Waals surface area contributed by atoms with E-state index >= 15 is 0 Å². The van der Waals surface area contributed by atoms with E-state index in [-0.39, 0.29) is 11.9 Å². The molecular weight excluding hydrogens is 294 g/mol. The first kappa shape index (κ1) is 15.0. The summed E-state index contributed by atoms with van der Waals surface area (Å²) in [5, 5.41) is 14.7. The molecule has 2 heterocycles. The molecule has 2 rings (SSSR count). The van der Waals surface area contributed by atoms with Gasteiger partial charge in [-0.1, -0.05) is 18.7 Å². The van der Waals surface area contributed by atoms with E-state index < -0.39 is 0 Å². The maximum atomic E-state index is 12.1. The molecule has 0 aromatic carbocycles. The van der Waals surface area contributed by atoms with Crippen molar-refractivity contribution in [1.29, 1.82) is 0 Å². The highest BCUT2D eigenvalue weighted by Gasteiger charge is 2.19. The molecule has 0 bridgehead atoms. The molecular formula is C12H17N5OS2. The van der Waals surface area contributed by atoms with Crippen LogP contribution in [0.3, 0.4) is 0 Å². The molecule has 0 aliphatic rings. The van der Waals surface area contributed by atoms with Crippen LogP contribution in [0.1, 0.15) is 41.2 Å². The minimum Gasteiger partial charge on any atom is -0.341 e. The summed E-state index contributed by atoms with van der Waals surface area (Å²) in [4.78, 5) is 16.2. The lowest BCUT2D eigenvalue weighted by molar-refractivity contribution is 0.0933. The second kappa shape index (κ2) is 6.36. The quantitative estimate of drug-likeness (QED) is 0.857. The van der Waals surface area contributed by atoms with Gasteiger partial charge in [-0.15, -0.1) is 21.5 Å². The lowest BCUT2D eigenvalue weighted by atomic mass is 10.3. The van der Waals surface area contributed by atoms with Crippen molar-refractivity contribution in [2.24, 2.45) is 7.05 Å². The Bertz CT molecular complexity index is 607. The molecule has 0 fully saturated rings. The van der Waals surface area contributed by atoms with Gasteiger partial charge in [0.05, 0.1) is 11.0 Å². The largest absolute Gasteiger partial charge is 0.341 e. The summed E-state index contributed by atoms with van der Waals surface area (Å²) in [6.07, 6.45) is 0. The molecule has 0 aliphatic carbocycles. The number of nitrogens with one attached hydrogen (secondary N) is 1. The molecule has 0 aliphatic heterocycles. The van der Waals surface area contributed by atoms with E-state index in [2.05, 4.69) is 27.4 Å². The SMILES string of the molecule is CCSc1nnc(C(C)NC(=O)c2csc(C)n2)n1C. The van der Waals surface area contributed by atoms with Crippen molar-refractivity contribution < 1.29 is 4.79 Å². The number of aryl methyl sites for hydroxylation is 1. The number of rotatable bonds is 5. The average Bonchev–Trinajstić information content (AvgIpc) is 2.98. The Hall–Kier alpha value is -1.41. The first-order valence-corrected chi connectivity index (χ1v) is 8.14. The van der Waals surface area contributed by atoms with Crippen LogP contribution < -0.4 is 5.32 Å². The van der Waals surface area contributed by atoms with Crippen molar-refractivity contribution in [3.63, 3.8) is 0 Å². The van der Waals surface area contributed by atoms with Crippen molar-refractivity contribution in [3.05, 3.63) is 21.9 Å². The Morgan fingerprint density at radius 2 is 2.30 bits per heavy atom. The van der Waals surface area contributed by atoms with Crippen molar-refractivity contribution in [2.45, 2.75) is 32.0 Å². The molecule has 1 amide bonds. The Morgan fingerprint density at radius 3 is 2.90 bits per heavy atom. The fourth-order valence-electron chi connectivity index (χ4n) is 1.76. The average molecular weight is 311 g/mol. The molecule has 20 heavy (non-hydrogen) atoms. The predicted molar refractivity (Wildman–Crippen MR) is 80.1 cm³/mol. The van der Waals surface area contributed by atoms with E-state index in [9.17, 15) is 4.79 Å². The fourth-order valence-corrected chi connectivity index (χ4v) is 3.00. The number of aromatic nitrogens is 4. The number of hydrogen-bond acceptors (Lipinski definition) is 6. The Morgan fingerprint density at radius 1 is 1.55 bits per heavy atom. The van der Waals surface area contributed by atoms with Gasteiger partial charge in [0.15, 0.2) is 11.0 Å². The molecule has 1 atom stereocenters. The molecule has 0 saturated carbocycles. The number of amides is 1.